The molecule has 2 heterocycles. The standard InChI is InChI=1S/C30H47N5O6/c1-27(2,3)21(32-25(39)30-11-16(12-30)13-30)24(38)34-15-18-19(29(18,7)8)20(34)23(37)33-35(26(40)41-28(4,5)6)14-17-9-10-31-22(17)36/h16-21H,9-15H2,1-8H3,(H,31,36)(H,32,39)(H,33,37)/t16?,17-,18-,19-,20-,21?,30?/m0/s1. The minimum atomic E-state index is -0.818. The van der Waals surface area contributed by atoms with Crippen molar-refractivity contribution in [1.29, 1.82) is 0 Å². The van der Waals surface area contributed by atoms with Gasteiger partial charge >= 0.3 is 6.09 Å². The fourth-order valence-corrected chi connectivity index (χ4v) is 7.39. The van der Waals surface area contributed by atoms with E-state index in [1.807, 2.05) is 20.8 Å². The topological polar surface area (TPSA) is 137 Å². The molecule has 0 spiro atoms. The lowest BCUT2D eigenvalue weighted by molar-refractivity contribution is -0.168. The zero-order valence-corrected chi connectivity index (χ0v) is 25.8. The van der Waals surface area contributed by atoms with Crippen LogP contribution >= 0.6 is 0 Å². The van der Waals surface area contributed by atoms with Crippen LogP contribution in [0.25, 0.3) is 0 Å². The molecule has 4 saturated carbocycles. The second-order valence-electron chi connectivity index (χ2n) is 15.8. The Morgan fingerprint density at radius 3 is 2.22 bits per heavy atom. The van der Waals surface area contributed by atoms with E-state index in [0.29, 0.717) is 25.4 Å². The molecule has 0 aromatic heterocycles. The quantitative estimate of drug-likeness (QED) is 0.417. The molecule has 2 aliphatic heterocycles. The zero-order valence-electron chi connectivity index (χ0n) is 25.8. The number of carbonyl (C=O) groups excluding carboxylic acids is 5. The van der Waals surface area contributed by atoms with Crippen molar-refractivity contribution in [3.63, 3.8) is 0 Å². The molecule has 2 bridgehead atoms. The van der Waals surface area contributed by atoms with Crippen LogP contribution in [0.2, 0.25) is 0 Å². The van der Waals surface area contributed by atoms with Crippen molar-refractivity contribution in [2.45, 2.75) is 98.8 Å². The van der Waals surface area contributed by atoms with Gasteiger partial charge in [-0.25, -0.2) is 9.80 Å². The Kier molecular flexibility index (Phi) is 6.93. The zero-order chi connectivity index (χ0) is 30.3. The van der Waals surface area contributed by atoms with Gasteiger partial charge in [0.1, 0.15) is 17.7 Å². The number of amides is 5. The number of rotatable bonds is 6. The highest BCUT2D eigenvalue weighted by atomic mass is 16.6. The molecule has 3 N–H and O–H groups in total. The summed E-state index contributed by atoms with van der Waals surface area (Å²) in [6.45, 7) is 16.0. The van der Waals surface area contributed by atoms with Gasteiger partial charge in [0.2, 0.25) is 17.7 Å². The van der Waals surface area contributed by atoms with Crippen molar-refractivity contribution < 1.29 is 28.7 Å². The summed E-state index contributed by atoms with van der Waals surface area (Å²) in [7, 11) is 0. The van der Waals surface area contributed by atoms with Crippen LogP contribution in [0.5, 0.6) is 0 Å². The summed E-state index contributed by atoms with van der Waals surface area (Å²) in [5.41, 5.74) is 0.875. The third-order valence-electron chi connectivity index (χ3n) is 10.1. The van der Waals surface area contributed by atoms with Crippen molar-refractivity contribution in [2.24, 2.45) is 39.9 Å². The molecule has 6 rings (SSSR count). The van der Waals surface area contributed by atoms with Crippen LogP contribution in [-0.4, -0.2) is 76.9 Å². The summed E-state index contributed by atoms with van der Waals surface area (Å²) in [6.07, 6.45) is 2.43. The van der Waals surface area contributed by atoms with Crippen molar-refractivity contribution in [1.82, 2.24) is 26.0 Å². The van der Waals surface area contributed by atoms with E-state index in [1.165, 1.54) is 0 Å². The number of fused-ring (bicyclic) bond motifs is 1. The molecule has 4 aliphatic carbocycles. The number of hydrogen-bond acceptors (Lipinski definition) is 6. The highest BCUT2D eigenvalue weighted by molar-refractivity contribution is 5.96. The normalized spacial score (nSPS) is 33.4. The molecule has 6 aliphatic rings. The lowest BCUT2D eigenvalue weighted by Crippen LogP contribution is -2.66. The summed E-state index contributed by atoms with van der Waals surface area (Å²) in [6, 6.07) is -1.61. The van der Waals surface area contributed by atoms with Gasteiger partial charge in [-0.15, -0.1) is 0 Å². The Labute approximate surface area is 242 Å². The minimum Gasteiger partial charge on any atom is -0.442 e. The van der Waals surface area contributed by atoms with Gasteiger partial charge in [-0.05, 0) is 75.0 Å². The van der Waals surface area contributed by atoms with E-state index in [4.69, 9.17) is 4.74 Å². The van der Waals surface area contributed by atoms with E-state index in [1.54, 1.807) is 25.7 Å². The number of likely N-dealkylation sites (tertiary alicyclic amines) is 1. The van der Waals surface area contributed by atoms with E-state index < -0.39 is 41.0 Å². The van der Waals surface area contributed by atoms with Gasteiger partial charge in [0, 0.05) is 18.5 Å². The maximum Gasteiger partial charge on any atom is 0.429 e. The number of nitrogens with zero attached hydrogens (tertiary/aromatic N) is 2. The fraction of sp³-hybridized carbons (Fsp3) is 0.833. The van der Waals surface area contributed by atoms with E-state index >= 15 is 0 Å². The molecular weight excluding hydrogens is 526 g/mol. The molecular formula is C30H47N5O6. The molecule has 228 valence electrons. The summed E-state index contributed by atoms with van der Waals surface area (Å²) in [5.74, 6) is -0.812. The largest absolute Gasteiger partial charge is 0.442 e. The van der Waals surface area contributed by atoms with Gasteiger partial charge in [0.15, 0.2) is 0 Å². The van der Waals surface area contributed by atoms with E-state index in [-0.39, 0.29) is 46.9 Å². The molecule has 5 atom stereocenters. The average molecular weight is 574 g/mol. The van der Waals surface area contributed by atoms with Crippen LogP contribution in [0.4, 0.5) is 4.79 Å². The third kappa shape index (κ3) is 5.29. The van der Waals surface area contributed by atoms with Gasteiger partial charge < -0.3 is 20.3 Å². The predicted molar refractivity (Wildman–Crippen MR) is 150 cm³/mol. The summed E-state index contributed by atoms with van der Waals surface area (Å²) in [4.78, 5) is 68.5. The first-order valence-electron chi connectivity index (χ1n) is 15.0. The number of nitrogens with one attached hydrogen (secondary N) is 3. The molecule has 0 aromatic rings. The summed E-state index contributed by atoms with van der Waals surface area (Å²) < 4.78 is 5.55. The number of piperidine rings is 1. The highest BCUT2D eigenvalue weighted by Crippen LogP contribution is 2.65. The Bertz CT molecular complexity index is 1140. The van der Waals surface area contributed by atoms with Crippen molar-refractivity contribution >= 4 is 29.7 Å². The maximum atomic E-state index is 14.2. The van der Waals surface area contributed by atoms with Crippen LogP contribution < -0.4 is 16.1 Å². The molecule has 2 saturated heterocycles. The molecule has 6 fully saturated rings. The molecule has 11 nitrogen and oxygen atoms in total. The first-order valence-corrected chi connectivity index (χ1v) is 15.0. The predicted octanol–water partition coefficient (Wildman–Crippen LogP) is 2.20. The Hall–Kier alpha value is -2.85. The van der Waals surface area contributed by atoms with Gasteiger partial charge in [-0.2, -0.15) is 0 Å². The minimum absolute atomic E-state index is 0.0333. The van der Waals surface area contributed by atoms with E-state index in [9.17, 15) is 24.0 Å². The second kappa shape index (κ2) is 9.59. The molecule has 1 unspecified atom stereocenters. The number of hydrazine groups is 1. The Morgan fingerprint density at radius 1 is 1.10 bits per heavy atom. The van der Waals surface area contributed by atoms with Crippen LogP contribution in [0.1, 0.15) is 81.1 Å². The van der Waals surface area contributed by atoms with Crippen LogP contribution in [0.3, 0.4) is 0 Å². The second-order valence-corrected chi connectivity index (χ2v) is 15.8. The Balaban J connectivity index is 1.36. The van der Waals surface area contributed by atoms with Crippen LogP contribution in [-0.2, 0) is 23.9 Å². The first-order chi connectivity index (χ1) is 18.8. The van der Waals surface area contributed by atoms with Crippen molar-refractivity contribution in [2.75, 3.05) is 19.6 Å². The maximum absolute atomic E-state index is 14.2. The molecule has 0 aromatic carbocycles. The van der Waals surface area contributed by atoms with Crippen molar-refractivity contribution in [3.8, 4) is 0 Å². The lowest BCUT2D eigenvalue weighted by atomic mass is 9.44. The van der Waals surface area contributed by atoms with Gasteiger partial charge in [-0.1, -0.05) is 34.6 Å². The van der Waals surface area contributed by atoms with Crippen LogP contribution in [0.15, 0.2) is 0 Å². The number of ether oxygens (including phenoxy) is 1. The summed E-state index contributed by atoms with van der Waals surface area (Å²) in [5, 5.41) is 6.92. The molecule has 0 radical (unpaired) electrons. The average Bonchev–Trinajstić information content (AvgIpc) is 3.12. The molecule has 5 amide bonds. The fourth-order valence-electron chi connectivity index (χ4n) is 7.39. The summed E-state index contributed by atoms with van der Waals surface area (Å²) >= 11 is 0. The van der Waals surface area contributed by atoms with E-state index in [2.05, 4.69) is 29.9 Å². The van der Waals surface area contributed by atoms with Gasteiger partial charge in [0.05, 0.1) is 12.5 Å². The van der Waals surface area contributed by atoms with E-state index in [0.717, 1.165) is 24.3 Å². The SMILES string of the molecule is CC(C)(C)OC(=O)N(C[C@@H]1CCNC1=O)NC(=O)[C@@H]1[C@@H]2[C@H](CN1C(=O)C(NC(=O)C13CC(C1)C3)C(C)(C)C)C2(C)C. The number of carbonyl (C=O) groups is 5. The lowest BCUT2D eigenvalue weighted by Gasteiger charge is -2.60. The molecule has 41 heavy (non-hydrogen) atoms. The molecule has 11 heteroatoms. The van der Waals surface area contributed by atoms with Gasteiger partial charge in [0.25, 0.3) is 5.91 Å². The monoisotopic (exact) mass is 573 g/mol. The third-order valence-corrected chi connectivity index (χ3v) is 10.1. The van der Waals surface area contributed by atoms with Gasteiger partial charge in [-0.3, -0.25) is 24.6 Å². The smallest absolute Gasteiger partial charge is 0.429 e. The Morgan fingerprint density at radius 2 is 1.73 bits per heavy atom. The van der Waals surface area contributed by atoms with Crippen LogP contribution in [0, 0.1) is 39.9 Å². The number of hydrogen-bond donors (Lipinski definition) is 3. The highest BCUT2D eigenvalue weighted by Gasteiger charge is 2.70. The van der Waals surface area contributed by atoms with Crippen molar-refractivity contribution in [3.05, 3.63) is 0 Å². The first kappa shape index (κ1) is 29.6.